The number of alkyl halides is 2. The van der Waals surface area contributed by atoms with Gasteiger partial charge < -0.3 is 15.2 Å². The summed E-state index contributed by atoms with van der Waals surface area (Å²) in [4.78, 5) is 20.7. The van der Waals surface area contributed by atoms with E-state index in [0.717, 1.165) is 0 Å². The number of para-hydroxylation sites is 1. The highest BCUT2D eigenvalue weighted by Crippen LogP contribution is 2.28. The highest BCUT2D eigenvalue weighted by molar-refractivity contribution is 5.94. The quantitative estimate of drug-likeness (QED) is 0.597. The molecule has 0 aliphatic heterocycles. The van der Waals surface area contributed by atoms with Crippen LogP contribution in [0.1, 0.15) is 49.2 Å². The first-order valence-electron chi connectivity index (χ1n) is 9.94. The fourth-order valence-corrected chi connectivity index (χ4v) is 3.36. The van der Waals surface area contributed by atoms with Crippen molar-refractivity contribution in [2.24, 2.45) is 0 Å². The number of rotatable bonds is 7. The van der Waals surface area contributed by atoms with E-state index >= 15 is 0 Å². The lowest BCUT2D eigenvalue weighted by Crippen LogP contribution is -2.48. The molecule has 1 aromatic carbocycles. The highest BCUT2D eigenvalue weighted by Gasteiger charge is 2.32. The third-order valence-electron chi connectivity index (χ3n) is 5.01. The molecule has 1 aliphatic carbocycles. The Kier molecular flexibility index (Phi) is 5.67. The molecule has 3 aromatic rings. The summed E-state index contributed by atoms with van der Waals surface area (Å²) in [5.41, 5.74) is -0.507. The van der Waals surface area contributed by atoms with Crippen LogP contribution in [0.2, 0.25) is 0 Å². The first kappa shape index (κ1) is 21.3. The molecule has 0 saturated heterocycles. The van der Waals surface area contributed by atoms with Crippen molar-refractivity contribution >= 4 is 16.8 Å². The molecule has 2 N–H and O–H groups in total. The van der Waals surface area contributed by atoms with E-state index in [2.05, 4.69) is 20.4 Å². The first-order valence-corrected chi connectivity index (χ1v) is 9.94. The van der Waals surface area contributed by atoms with E-state index in [-0.39, 0.29) is 41.9 Å². The van der Waals surface area contributed by atoms with Crippen LogP contribution in [-0.2, 0) is 4.74 Å². The third-order valence-corrected chi connectivity index (χ3v) is 5.01. The number of aliphatic hydroxyl groups is 1. The number of nitrogens with zero attached hydrogens (tertiary/aromatic N) is 4. The Bertz CT molecular complexity index is 1070. The van der Waals surface area contributed by atoms with E-state index in [4.69, 9.17) is 4.74 Å². The van der Waals surface area contributed by atoms with Crippen LogP contribution >= 0.6 is 0 Å². The molecule has 0 bridgehead atoms. The lowest BCUT2D eigenvalue weighted by molar-refractivity contribution is -0.0833. The van der Waals surface area contributed by atoms with Crippen molar-refractivity contribution < 1.29 is 23.4 Å². The van der Waals surface area contributed by atoms with E-state index in [1.54, 1.807) is 38.1 Å². The molecule has 4 rings (SSSR count). The molecular formula is C21H23F2N5O3. The van der Waals surface area contributed by atoms with Gasteiger partial charge in [0.25, 0.3) is 18.3 Å². The Labute approximate surface area is 177 Å². The van der Waals surface area contributed by atoms with Crippen molar-refractivity contribution in [1.82, 2.24) is 25.1 Å². The number of hydrogen-bond acceptors (Lipinski definition) is 6. The molecule has 164 valence electrons. The Balaban J connectivity index is 1.40. The number of nitrogens with one attached hydrogen (secondary N) is 1. The number of benzene rings is 1. The number of fused-ring (bicyclic) bond motifs is 1. The van der Waals surface area contributed by atoms with Gasteiger partial charge in [0.1, 0.15) is 5.69 Å². The number of amides is 1. The van der Waals surface area contributed by atoms with E-state index in [0.29, 0.717) is 23.7 Å². The summed E-state index contributed by atoms with van der Waals surface area (Å²) < 4.78 is 33.4. The molecule has 8 nitrogen and oxygen atoms in total. The second-order valence-corrected chi connectivity index (χ2v) is 8.27. The van der Waals surface area contributed by atoms with Gasteiger partial charge in [0, 0.05) is 23.8 Å². The number of ether oxygens (including phenoxy) is 1. The van der Waals surface area contributed by atoms with Gasteiger partial charge in [-0.3, -0.25) is 4.79 Å². The van der Waals surface area contributed by atoms with Gasteiger partial charge in [-0.05, 0) is 32.8 Å². The minimum Gasteiger partial charge on any atom is -0.388 e. The predicted molar refractivity (Wildman–Crippen MR) is 108 cm³/mol. The summed E-state index contributed by atoms with van der Waals surface area (Å²) in [6, 6.07) is 6.58. The van der Waals surface area contributed by atoms with Gasteiger partial charge in [-0.25, -0.2) is 18.7 Å². The largest absolute Gasteiger partial charge is 0.388 e. The zero-order chi connectivity index (χ0) is 22.2. The fourth-order valence-electron chi connectivity index (χ4n) is 3.36. The highest BCUT2D eigenvalue weighted by atomic mass is 19.3. The molecule has 0 atom stereocenters. The van der Waals surface area contributed by atoms with Gasteiger partial charge in [0.15, 0.2) is 0 Å². The smallest absolute Gasteiger partial charge is 0.282 e. The SMILES string of the molecule is CC(C)(O)COC1CC(NC(=O)c2cnc(-n3nc(C(F)F)c4ccccc43)nc2)C1. The predicted octanol–water partition coefficient (Wildman–Crippen LogP) is 2.80. The number of carbonyl (C=O) groups is 1. The van der Waals surface area contributed by atoms with Gasteiger partial charge in [-0.1, -0.05) is 18.2 Å². The van der Waals surface area contributed by atoms with Gasteiger partial charge >= 0.3 is 0 Å². The van der Waals surface area contributed by atoms with E-state index in [1.165, 1.54) is 17.1 Å². The molecule has 0 unspecified atom stereocenters. The van der Waals surface area contributed by atoms with Gasteiger partial charge in [-0.2, -0.15) is 9.78 Å². The van der Waals surface area contributed by atoms with E-state index in [9.17, 15) is 18.7 Å². The minimum atomic E-state index is -2.73. The molecule has 1 amide bonds. The van der Waals surface area contributed by atoms with E-state index in [1.807, 2.05) is 0 Å². The van der Waals surface area contributed by atoms with Gasteiger partial charge in [-0.15, -0.1) is 0 Å². The third kappa shape index (κ3) is 4.70. The van der Waals surface area contributed by atoms with Gasteiger partial charge in [0.05, 0.1) is 29.4 Å². The summed E-state index contributed by atoms with van der Waals surface area (Å²) in [6.45, 7) is 3.59. The molecule has 31 heavy (non-hydrogen) atoms. The minimum absolute atomic E-state index is 0.00692. The van der Waals surface area contributed by atoms with E-state index < -0.39 is 12.0 Å². The molecule has 1 fully saturated rings. The molecule has 10 heteroatoms. The second kappa shape index (κ2) is 8.27. The van der Waals surface area contributed by atoms with Crippen molar-refractivity contribution in [2.75, 3.05) is 6.61 Å². The van der Waals surface area contributed by atoms with Crippen LogP contribution < -0.4 is 5.32 Å². The summed E-state index contributed by atoms with van der Waals surface area (Å²) in [6.07, 6.45) is 1.29. The van der Waals surface area contributed by atoms with Crippen molar-refractivity contribution in [2.45, 2.75) is 50.9 Å². The van der Waals surface area contributed by atoms with Crippen LogP contribution in [0, 0.1) is 0 Å². The normalized spacial score (nSPS) is 18.9. The number of hydrogen-bond donors (Lipinski definition) is 2. The maximum absolute atomic E-state index is 13.3. The monoisotopic (exact) mass is 431 g/mol. The average Bonchev–Trinajstić information content (AvgIpc) is 3.09. The summed E-state index contributed by atoms with van der Waals surface area (Å²) >= 11 is 0. The van der Waals surface area contributed by atoms with Crippen LogP contribution in [0.25, 0.3) is 16.9 Å². The van der Waals surface area contributed by atoms with Crippen LogP contribution in [0.15, 0.2) is 36.7 Å². The Morgan fingerprint density at radius 2 is 1.97 bits per heavy atom. The van der Waals surface area contributed by atoms with Crippen molar-refractivity contribution in [3.05, 3.63) is 47.9 Å². The van der Waals surface area contributed by atoms with Crippen molar-refractivity contribution in [3.63, 3.8) is 0 Å². The van der Waals surface area contributed by atoms with Gasteiger partial charge in [0.2, 0.25) is 0 Å². The maximum atomic E-state index is 13.3. The average molecular weight is 431 g/mol. The van der Waals surface area contributed by atoms with Crippen LogP contribution in [0.3, 0.4) is 0 Å². The molecule has 1 aliphatic rings. The maximum Gasteiger partial charge on any atom is 0.282 e. The topological polar surface area (TPSA) is 102 Å². The summed E-state index contributed by atoms with van der Waals surface area (Å²) in [5.74, 6) is -0.223. The molecule has 0 spiro atoms. The molecular weight excluding hydrogens is 408 g/mol. The Morgan fingerprint density at radius 1 is 1.29 bits per heavy atom. The molecule has 1 saturated carbocycles. The molecule has 2 aromatic heterocycles. The number of aromatic nitrogens is 4. The van der Waals surface area contributed by atoms with Crippen LogP contribution in [-0.4, -0.2) is 55.1 Å². The lowest BCUT2D eigenvalue weighted by atomic mass is 9.89. The van der Waals surface area contributed by atoms with Crippen molar-refractivity contribution in [1.29, 1.82) is 0 Å². The summed E-state index contributed by atoms with van der Waals surface area (Å²) in [7, 11) is 0. The summed E-state index contributed by atoms with van der Waals surface area (Å²) in [5, 5.41) is 16.9. The number of carbonyl (C=O) groups excluding carboxylic acids is 1. The zero-order valence-corrected chi connectivity index (χ0v) is 17.1. The number of halogens is 2. The standard InChI is InChI=1S/C21H23F2N5O3/c1-21(2,30)11-31-14-7-13(8-14)26-19(29)12-9-24-20(25-10-12)28-16-6-4-3-5-15(16)17(27-28)18(22)23/h3-6,9-10,13-14,18,30H,7-8,11H2,1-2H3,(H,26,29). The Morgan fingerprint density at radius 3 is 2.61 bits per heavy atom. The Hall–Kier alpha value is -2.98. The molecule has 2 heterocycles. The van der Waals surface area contributed by atoms with Crippen molar-refractivity contribution in [3.8, 4) is 5.95 Å². The van der Waals surface area contributed by atoms with Crippen LogP contribution in [0.5, 0.6) is 0 Å². The first-order chi connectivity index (χ1) is 14.7. The second-order valence-electron chi connectivity index (χ2n) is 8.27. The van der Waals surface area contributed by atoms with Crippen LogP contribution in [0.4, 0.5) is 8.78 Å². The molecule has 0 radical (unpaired) electrons. The lowest BCUT2D eigenvalue weighted by Gasteiger charge is -2.36. The fraction of sp³-hybridized carbons (Fsp3) is 0.429. The zero-order valence-electron chi connectivity index (χ0n) is 17.1.